The zero-order valence-electron chi connectivity index (χ0n) is 11.5. The molecule has 0 aliphatic carbocycles. The second kappa shape index (κ2) is 5.93. The molecule has 1 saturated heterocycles. The molecule has 1 N–H and O–H groups in total. The molecule has 1 fully saturated rings. The highest BCUT2D eigenvalue weighted by Gasteiger charge is 2.33. The molecule has 0 radical (unpaired) electrons. The lowest BCUT2D eigenvalue weighted by Gasteiger charge is -2.38. The zero-order chi connectivity index (χ0) is 13.9. The van der Waals surface area contributed by atoms with E-state index in [2.05, 4.69) is 12.2 Å². The van der Waals surface area contributed by atoms with Gasteiger partial charge in [-0.2, -0.15) is 0 Å². The fourth-order valence-electron chi connectivity index (χ4n) is 2.00. The Morgan fingerprint density at radius 1 is 1.47 bits per heavy atom. The van der Waals surface area contributed by atoms with Gasteiger partial charge in [-0.3, -0.25) is 4.79 Å². The Labute approximate surface area is 119 Å². The summed E-state index contributed by atoms with van der Waals surface area (Å²) < 4.78 is 5.16. The lowest BCUT2D eigenvalue weighted by atomic mass is 9.89. The van der Waals surface area contributed by atoms with Gasteiger partial charge in [0.15, 0.2) is 0 Å². The first kappa shape index (κ1) is 14.4. The first-order valence-electron chi connectivity index (χ1n) is 6.58. The molecule has 4 heteroatoms. The molecule has 0 saturated carbocycles. The Morgan fingerprint density at radius 3 is 2.79 bits per heavy atom. The van der Waals surface area contributed by atoms with Gasteiger partial charge in [0.25, 0.3) is 0 Å². The van der Waals surface area contributed by atoms with Crippen molar-refractivity contribution in [3.8, 4) is 0 Å². The highest BCUT2D eigenvalue weighted by atomic mass is 35.5. The molecule has 0 unspecified atom stereocenters. The van der Waals surface area contributed by atoms with Crippen LogP contribution in [0.4, 0.5) is 0 Å². The summed E-state index contributed by atoms with van der Waals surface area (Å²) in [6.45, 7) is 6.26. The van der Waals surface area contributed by atoms with Gasteiger partial charge in [-0.05, 0) is 30.5 Å². The van der Waals surface area contributed by atoms with Crippen molar-refractivity contribution in [1.82, 2.24) is 5.32 Å². The van der Waals surface area contributed by atoms with Crippen molar-refractivity contribution in [3.63, 3.8) is 0 Å². The number of rotatable bonds is 5. The van der Waals surface area contributed by atoms with Crippen LogP contribution in [0.25, 0.3) is 0 Å². The van der Waals surface area contributed by atoms with Crippen LogP contribution in [-0.2, 0) is 16.0 Å². The van der Waals surface area contributed by atoms with Crippen molar-refractivity contribution in [2.24, 2.45) is 5.41 Å². The van der Waals surface area contributed by atoms with Gasteiger partial charge in [-0.1, -0.05) is 30.7 Å². The van der Waals surface area contributed by atoms with Gasteiger partial charge in [-0.15, -0.1) is 0 Å². The Balaban J connectivity index is 1.75. The molecule has 0 spiro atoms. The van der Waals surface area contributed by atoms with Crippen molar-refractivity contribution in [2.45, 2.75) is 26.7 Å². The third-order valence-electron chi connectivity index (χ3n) is 3.49. The van der Waals surface area contributed by atoms with Crippen LogP contribution in [0, 0.1) is 12.3 Å². The summed E-state index contributed by atoms with van der Waals surface area (Å²) in [7, 11) is 0. The van der Waals surface area contributed by atoms with Crippen molar-refractivity contribution in [2.75, 3.05) is 19.8 Å². The van der Waals surface area contributed by atoms with E-state index < -0.39 is 0 Å². The molecule has 2 rings (SSSR count). The van der Waals surface area contributed by atoms with Crippen LogP contribution >= 0.6 is 11.6 Å². The van der Waals surface area contributed by atoms with E-state index in [4.69, 9.17) is 16.3 Å². The summed E-state index contributed by atoms with van der Waals surface area (Å²) in [6.07, 6.45) is 1.22. The van der Waals surface area contributed by atoms with Crippen LogP contribution in [0.2, 0.25) is 5.02 Å². The molecule has 104 valence electrons. The number of carbonyl (C=O) groups is 1. The number of benzene rings is 1. The maximum absolute atomic E-state index is 11.8. The minimum Gasteiger partial charge on any atom is -0.380 e. The highest BCUT2D eigenvalue weighted by molar-refractivity contribution is 6.31. The van der Waals surface area contributed by atoms with Gasteiger partial charge in [-0.25, -0.2) is 0 Å². The molecule has 1 aliphatic heterocycles. The van der Waals surface area contributed by atoms with Crippen molar-refractivity contribution in [3.05, 3.63) is 34.3 Å². The smallest absolute Gasteiger partial charge is 0.220 e. The second-order valence-electron chi connectivity index (χ2n) is 5.66. The van der Waals surface area contributed by atoms with E-state index in [0.29, 0.717) is 13.0 Å². The summed E-state index contributed by atoms with van der Waals surface area (Å²) in [5.41, 5.74) is 2.29. The Hall–Kier alpha value is -1.06. The van der Waals surface area contributed by atoms with Crippen molar-refractivity contribution < 1.29 is 9.53 Å². The van der Waals surface area contributed by atoms with Crippen LogP contribution in [0.3, 0.4) is 0 Å². The molecule has 1 aromatic carbocycles. The predicted octanol–water partition coefficient (Wildman–Crippen LogP) is 2.73. The minimum absolute atomic E-state index is 0.0878. The number of amides is 1. The van der Waals surface area contributed by atoms with Crippen LogP contribution < -0.4 is 5.32 Å². The Kier molecular flexibility index (Phi) is 4.48. The first-order chi connectivity index (χ1) is 8.98. The average Bonchev–Trinajstić information content (AvgIpc) is 2.35. The average molecular weight is 282 g/mol. The Morgan fingerprint density at radius 2 is 2.21 bits per heavy atom. The van der Waals surface area contributed by atoms with E-state index >= 15 is 0 Å². The quantitative estimate of drug-likeness (QED) is 0.901. The van der Waals surface area contributed by atoms with Crippen LogP contribution in [0.15, 0.2) is 18.2 Å². The number of halogens is 1. The third-order valence-corrected chi connectivity index (χ3v) is 3.90. The van der Waals surface area contributed by atoms with E-state index in [-0.39, 0.29) is 11.3 Å². The lowest BCUT2D eigenvalue weighted by molar-refractivity contribution is -0.126. The highest BCUT2D eigenvalue weighted by Crippen LogP contribution is 2.25. The SMILES string of the molecule is Cc1ccc(CCC(=O)NCC2(C)COC2)cc1Cl. The molecule has 1 aliphatic rings. The normalized spacial score (nSPS) is 16.8. The van der Waals surface area contributed by atoms with E-state index in [0.717, 1.165) is 35.8 Å². The molecule has 19 heavy (non-hydrogen) atoms. The van der Waals surface area contributed by atoms with E-state index in [9.17, 15) is 4.79 Å². The van der Waals surface area contributed by atoms with Gasteiger partial charge < -0.3 is 10.1 Å². The number of ether oxygens (including phenoxy) is 1. The molecule has 1 amide bonds. The zero-order valence-corrected chi connectivity index (χ0v) is 12.2. The summed E-state index contributed by atoms with van der Waals surface area (Å²) in [5, 5.41) is 3.73. The summed E-state index contributed by atoms with van der Waals surface area (Å²) >= 11 is 6.06. The minimum atomic E-state index is 0.0878. The molecular formula is C15H20ClNO2. The van der Waals surface area contributed by atoms with Gasteiger partial charge in [0.05, 0.1) is 13.2 Å². The Bertz CT molecular complexity index is 469. The number of aryl methyl sites for hydroxylation is 2. The van der Waals surface area contributed by atoms with Crippen molar-refractivity contribution >= 4 is 17.5 Å². The predicted molar refractivity (Wildman–Crippen MR) is 76.4 cm³/mol. The maximum atomic E-state index is 11.8. The molecule has 0 aromatic heterocycles. The second-order valence-corrected chi connectivity index (χ2v) is 6.07. The number of carbonyl (C=O) groups excluding carboxylic acids is 1. The topological polar surface area (TPSA) is 38.3 Å². The summed E-state index contributed by atoms with van der Waals surface area (Å²) in [6, 6.07) is 5.95. The number of hydrogen-bond donors (Lipinski definition) is 1. The lowest BCUT2D eigenvalue weighted by Crippen LogP contribution is -2.48. The summed E-state index contributed by atoms with van der Waals surface area (Å²) in [4.78, 5) is 11.8. The largest absolute Gasteiger partial charge is 0.380 e. The fraction of sp³-hybridized carbons (Fsp3) is 0.533. The first-order valence-corrected chi connectivity index (χ1v) is 6.96. The standard InChI is InChI=1S/C15H20ClNO2/c1-11-3-4-12(7-13(11)16)5-6-14(18)17-8-15(2)9-19-10-15/h3-4,7H,5-6,8-10H2,1-2H3,(H,17,18). The molecule has 0 bridgehead atoms. The van der Waals surface area contributed by atoms with Gasteiger partial charge in [0.1, 0.15) is 0 Å². The number of nitrogens with one attached hydrogen (secondary N) is 1. The van der Waals surface area contributed by atoms with Crippen LogP contribution in [-0.4, -0.2) is 25.7 Å². The molecule has 1 aromatic rings. The van der Waals surface area contributed by atoms with E-state index in [1.54, 1.807) is 0 Å². The molecule has 0 atom stereocenters. The monoisotopic (exact) mass is 281 g/mol. The van der Waals surface area contributed by atoms with E-state index in [1.807, 2.05) is 25.1 Å². The van der Waals surface area contributed by atoms with Gasteiger partial charge in [0, 0.05) is 23.4 Å². The van der Waals surface area contributed by atoms with Crippen LogP contribution in [0.1, 0.15) is 24.5 Å². The van der Waals surface area contributed by atoms with E-state index in [1.165, 1.54) is 0 Å². The summed E-state index contributed by atoms with van der Waals surface area (Å²) in [5.74, 6) is 0.0878. The maximum Gasteiger partial charge on any atom is 0.220 e. The fourth-order valence-corrected chi connectivity index (χ4v) is 2.21. The molecule has 3 nitrogen and oxygen atoms in total. The molecule has 1 heterocycles. The molecular weight excluding hydrogens is 262 g/mol. The number of hydrogen-bond acceptors (Lipinski definition) is 2. The van der Waals surface area contributed by atoms with Gasteiger partial charge in [0.2, 0.25) is 5.91 Å². The third kappa shape index (κ3) is 3.95. The van der Waals surface area contributed by atoms with Gasteiger partial charge >= 0.3 is 0 Å². The van der Waals surface area contributed by atoms with Crippen LogP contribution in [0.5, 0.6) is 0 Å². The van der Waals surface area contributed by atoms with Crippen molar-refractivity contribution in [1.29, 1.82) is 0 Å².